The first kappa shape index (κ1) is 13.9. The van der Waals surface area contributed by atoms with Crippen molar-refractivity contribution in [1.29, 1.82) is 0 Å². The van der Waals surface area contributed by atoms with Gasteiger partial charge in [-0.2, -0.15) is 4.72 Å². The number of furan rings is 1. The Hall–Kier alpha value is -1.51. The van der Waals surface area contributed by atoms with E-state index in [2.05, 4.69) is 9.71 Å². The fourth-order valence-electron chi connectivity index (χ4n) is 1.50. The molecule has 19 heavy (non-hydrogen) atoms. The molecule has 102 valence electrons. The third-order valence-electron chi connectivity index (χ3n) is 2.34. The molecular formula is C11H12N2O4S2. The van der Waals surface area contributed by atoms with E-state index in [0.29, 0.717) is 11.3 Å². The highest BCUT2D eigenvalue weighted by molar-refractivity contribution is 7.89. The smallest absolute Gasteiger partial charge is 0.274 e. The molecule has 1 N–H and O–H groups in total. The van der Waals surface area contributed by atoms with E-state index in [-0.39, 0.29) is 10.9 Å². The predicted molar refractivity (Wildman–Crippen MR) is 69.6 cm³/mol. The monoisotopic (exact) mass is 300 g/mol. The van der Waals surface area contributed by atoms with Gasteiger partial charge in [0, 0.05) is 11.6 Å². The molecule has 0 aliphatic rings. The first-order chi connectivity index (χ1) is 8.85. The topological polar surface area (TPSA) is 89.3 Å². The first-order valence-electron chi connectivity index (χ1n) is 5.34. The lowest BCUT2D eigenvalue weighted by Gasteiger charge is -2.22. The molecule has 0 radical (unpaired) electrons. The van der Waals surface area contributed by atoms with Crippen LogP contribution in [0.5, 0.6) is 0 Å². The zero-order valence-electron chi connectivity index (χ0n) is 10.3. The Morgan fingerprint density at radius 1 is 1.42 bits per heavy atom. The van der Waals surface area contributed by atoms with E-state index >= 15 is 0 Å². The molecule has 0 aliphatic heterocycles. The van der Waals surface area contributed by atoms with Gasteiger partial charge in [0.15, 0.2) is 12.0 Å². The number of nitrogens with one attached hydrogen (secondary N) is 1. The molecule has 0 unspecified atom stereocenters. The summed E-state index contributed by atoms with van der Waals surface area (Å²) in [6, 6.07) is 2.54. The van der Waals surface area contributed by atoms with Gasteiger partial charge in [-0.3, -0.25) is 4.79 Å². The molecule has 0 atom stereocenters. The Kier molecular flexibility index (Phi) is 3.57. The minimum absolute atomic E-state index is 0.0348. The van der Waals surface area contributed by atoms with Crippen LogP contribution in [0.2, 0.25) is 0 Å². The van der Waals surface area contributed by atoms with Crippen LogP contribution in [0.15, 0.2) is 33.2 Å². The number of aldehydes is 1. The summed E-state index contributed by atoms with van der Waals surface area (Å²) in [6.45, 7) is 3.40. The van der Waals surface area contributed by atoms with Crippen molar-refractivity contribution in [1.82, 2.24) is 9.71 Å². The van der Waals surface area contributed by atoms with E-state index in [0.717, 1.165) is 0 Å². The fraction of sp³-hybridized carbons (Fsp3) is 0.273. The third kappa shape index (κ3) is 2.91. The number of hydrogen-bond acceptors (Lipinski definition) is 6. The number of carbonyl (C=O) groups is 1. The average Bonchev–Trinajstić information content (AvgIpc) is 2.99. The Morgan fingerprint density at radius 3 is 2.68 bits per heavy atom. The summed E-state index contributed by atoms with van der Waals surface area (Å²) < 4.78 is 31.7. The molecule has 0 aliphatic carbocycles. The van der Waals surface area contributed by atoms with Gasteiger partial charge >= 0.3 is 0 Å². The van der Waals surface area contributed by atoms with Crippen molar-refractivity contribution in [2.45, 2.75) is 24.5 Å². The maximum absolute atomic E-state index is 12.1. The fourth-order valence-corrected chi connectivity index (χ4v) is 3.61. The zero-order chi connectivity index (χ0) is 14.1. The van der Waals surface area contributed by atoms with E-state index in [9.17, 15) is 13.2 Å². The minimum Gasteiger partial charge on any atom is -0.440 e. The largest absolute Gasteiger partial charge is 0.440 e. The van der Waals surface area contributed by atoms with Gasteiger partial charge in [-0.05, 0) is 26.0 Å². The highest BCUT2D eigenvalue weighted by Crippen LogP contribution is 2.25. The van der Waals surface area contributed by atoms with Crippen LogP contribution in [-0.2, 0) is 15.6 Å². The number of rotatable bonds is 5. The van der Waals surface area contributed by atoms with Gasteiger partial charge < -0.3 is 4.42 Å². The summed E-state index contributed by atoms with van der Waals surface area (Å²) in [7, 11) is -3.84. The van der Waals surface area contributed by atoms with Crippen molar-refractivity contribution in [3.8, 4) is 0 Å². The van der Waals surface area contributed by atoms with E-state index in [1.54, 1.807) is 25.4 Å². The average molecular weight is 300 g/mol. The molecule has 0 amide bonds. The molecule has 0 spiro atoms. The van der Waals surface area contributed by atoms with Gasteiger partial charge in [0.1, 0.15) is 5.01 Å². The molecule has 0 saturated heterocycles. The number of nitrogens with zero attached hydrogens (tertiary/aromatic N) is 1. The SMILES string of the molecule is CC(C)(NS(=O)(=O)c1ccc(C=O)o1)c1nccs1. The van der Waals surface area contributed by atoms with Crippen LogP contribution >= 0.6 is 11.3 Å². The molecule has 2 aromatic heterocycles. The number of carbonyl (C=O) groups excluding carboxylic acids is 1. The van der Waals surface area contributed by atoms with Gasteiger partial charge in [-0.1, -0.05) is 0 Å². The highest BCUT2D eigenvalue weighted by atomic mass is 32.2. The molecule has 0 saturated carbocycles. The lowest BCUT2D eigenvalue weighted by Crippen LogP contribution is -2.40. The lowest BCUT2D eigenvalue weighted by molar-refractivity contribution is 0.109. The van der Waals surface area contributed by atoms with Crippen LogP contribution in [-0.4, -0.2) is 19.7 Å². The zero-order valence-corrected chi connectivity index (χ0v) is 11.9. The molecule has 2 rings (SSSR count). The minimum atomic E-state index is -3.84. The quantitative estimate of drug-likeness (QED) is 0.850. The van der Waals surface area contributed by atoms with Crippen LogP contribution in [0.25, 0.3) is 0 Å². The van der Waals surface area contributed by atoms with Gasteiger partial charge in [0.2, 0.25) is 5.09 Å². The Morgan fingerprint density at radius 2 is 2.16 bits per heavy atom. The molecule has 6 nitrogen and oxygen atoms in total. The van der Waals surface area contributed by atoms with Gasteiger partial charge in [-0.25, -0.2) is 13.4 Å². The van der Waals surface area contributed by atoms with Crippen molar-refractivity contribution in [3.63, 3.8) is 0 Å². The van der Waals surface area contributed by atoms with Crippen molar-refractivity contribution < 1.29 is 17.6 Å². The third-order valence-corrected chi connectivity index (χ3v) is 4.96. The van der Waals surface area contributed by atoms with Gasteiger partial charge in [0.05, 0.1) is 5.54 Å². The normalized spacial score (nSPS) is 12.5. The molecule has 0 aromatic carbocycles. The van der Waals surface area contributed by atoms with Crippen molar-refractivity contribution in [3.05, 3.63) is 34.5 Å². The summed E-state index contributed by atoms with van der Waals surface area (Å²) in [5, 5.41) is 2.11. The molecule has 0 bridgehead atoms. The predicted octanol–water partition coefficient (Wildman–Crippen LogP) is 1.76. The summed E-state index contributed by atoms with van der Waals surface area (Å²) in [4.78, 5) is 14.6. The molecule has 2 aromatic rings. The molecule has 0 fully saturated rings. The van der Waals surface area contributed by atoms with Crippen LogP contribution < -0.4 is 4.72 Å². The van der Waals surface area contributed by atoms with Crippen molar-refractivity contribution in [2.75, 3.05) is 0 Å². The molecule has 8 heteroatoms. The maximum Gasteiger partial charge on any atom is 0.274 e. The Balaban J connectivity index is 2.29. The van der Waals surface area contributed by atoms with Gasteiger partial charge in [-0.15, -0.1) is 11.3 Å². The summed E-state index contributed by atoms with van der Waals surface area (Å²) in [6.07, 6.45) is 2.05. The summed E-state index contributed by atoms with van der Waals surface area (Å²) >= 11 is 1.35. The van der Waals surface area contributed by atoms with Crippen LogP contribution in [0.1, 0.15) is 29.4 Å². The summed E-state index contributed by atoms with van der Waals surface area (Å²) in [5.41, 5.74) is -0.860. The van der Waals surface area contributed by atoms with E-state index in [1.807, 2.05) is 0 Å². The standard InChI is InChI=1S/C11H12N2O4S2/c1-11(2,10-12-5-6-18-10)13-19(15,16)9-4-3-8(7-14)17-9/h3-7,13H,1-2H3. The first-order valence-corrected chi connectivity index (χ1v) is 7.70. The summed E-state index contributed by atoms with van der Waals surface area (Å²) in [5.74, 6) is -0.0348. The number of sulfonamides is 1. The number of aromatic nitrogens is 1. The Bertz CT molecular complexity index is 671. The Labute approximate surface area is 114 Å². The van der Waals surface area contributed by atoms with Crippen LogP contribution in [0.3, 0.4) is 0 Å². The van der Waals surface area contributed by atoms with Crippen molar-refractivity contribution in [2.24, 2.45) is 0 Å². The number of thiazole rings is 1. The second-order valence-electron chi connectivity index (χ2n) is 4.34. The molecular weight excluding hydrogens is 288 g/mol. The van der Waals surface area contributed by atoms with Crippen LogP contribution in [0.4, 0.5) is 0 Å². The highest BCUT2D eigenvalue weighted by Gasteiger charge is 2.31. The number of hydrogen-bond donors (Lipinski definition) is 1. The lowest BCUT2D eigenvalue weighted by atomic mass is 10.1. The second kappa shape index (κ2) is 4.87. The van der Waals surface area contributed by atoms with Crippen LogP contribution in [0, 0.1) is 0 Å². The van der Waals surface area contributed by atoms with E-state index in [4.69, 9.17) is 4.42 Å². The maximum atomic E-state index is 12.1. The molecule has 2 heterocycles. The van der Waals surface area contributed by atoms with E-state index < -0.39 is 15.6 Å². The van der Waals surface area contributed by atoms with Crippen molar-refractivity contribution >= 4 is 27.6 Å². The van der Waals surface area contributed by atoms with E-state index in [1.165, 1.54) is 23.5 Å². The second-order valence-corrected chi connectivity index (χ2v) is 6.85. The van der Waals surface area contributed by atoms with Gasteiger partial charge in [0.25, 0.3) is 10.0 Å².